The van der Waals surface area contributed by atoms with E-state index in [1.54, 1.807) is 0 Å². The number of nitrogens with zero attached hydrogens (tertiary/aromatic N) is 4. The molecule has 0 saturated heterocycles. The summed E-state index contributed by atoms with van der Waals surface area (Å²) in [4.78, 5) is 0. The first-order valence-electron chi connectivity index (χ1n) is 6.44. The van der Waals surface area contributed by atoms with E-state index in [0.717, 1.165) is 19.1 Å². The molecule has 18 heavy (non-hydrogen) atoms. The van der Waals surface area contributed by atoms with Crippen LogP contribution in [0.25, 0.3) is 0 Å². The van der Waals surface area contributed by atoms with Crippen molar-refractivity contribution in [2.75, 3.05) is 0 Å². The van der Waals surface area contributed by atoms with Crippen molar-refractivity contribution in [2.24, 2.45) is 7.05 Å². The second-order valence-corrected chi connectivity index (χ2v) is 5.09. The van der Waals surface area contributed by atoms with Crippen LogP contribution < -0.4 is 5.32 Å². The first-order chi connectivity index (χ1) is 8.72. The molecule has 1 saturated carbocycles. The lowest BCUT2D eigenvalue weighted by Crippen LogP contribution is -2.15. The van der Waals surface area contributed by atoms with Crippen LogP contribution in [0.1, 0.15) is 29.7 Å². The maximum absolute atomic E-state index is 4.46. The van der Waals surface area contributed by atoms with Crippen LogP contribution >= 0.6 is 0 Å². The summed E-state index contributed by atoms with van der Waals surface area (Å²) >= 11 is 0. The second kappa shape index (κ2) is 4.57. The number of rotatable bonds is 5. The molecule has 0 spiro atoms. The van der Waals surface area contributed by atoms with Crippen LogP contribution in [0.4, 0.5) is 0 Å². The van der Waals surface area contributed by atoms with Gasteiger partial charge in [-0.05, 0) is 19.8 Å². The molecule has 5 heteroatoms. The van der Waals surface area contributed by atoms with Gasteiger partial charge in [0.05, 0.1) is 18.9 Å². The minimum absolute atomic E-state index is 0.742. The molecule has 0 unspecified atom stereocenters. The lowest BCUT2D eigenvalue weighted by Gasteiger charge is -2.04. The molecule has 2 heterocycles. The SMILES string of the molecule is Cc1c(CNC2CC2)cnn1Cc1cnn(C)c1. The van der Waals surface area contributed by atoms with Gasteiger partial charge in [-0.25, -0.2) is 0 Å². The molecule has 0 bridgehead atoms. The first-order valence-corrected chi connectivity index (χ1v) is 6.44. The van der Waals surface area contributed by atoms with Gasteiger partial charge < -0.3 is 5.32 Å². The number of hydrogen-bond acceptors (Lipinski definition) is 3. The predicted molar refractivity (Wildman–Crippen MR) is 69.1 cm³/mol. The fourth-order valence-corrected chi connectivity index (χ4v) is 2.09. The first kappa shape index (κ1) is 11.5. The average Bonchev–Trinajstić information content (AvgIpc) is 3.01. The molecule has 1 aliphatic carbocycles. The molecule has 1 fully saturated rings. The van der Waals surface area contributed by atoms with Crippen molar-refractivity contribution in [1.82, 2.24) is 24.9 Å². The molecule has 2 aromatic heterocycles. The highest BCUT2D eigenvalue weighted by atomic mass is 15.3. The number of aryl methyl sites for hydroxylation is 1. The zero-order valence-electron chi connectivity index (χ0n) is 10.9. The molecule has 1 aliphatic rings. The maximum atomic E-state index is 4.46. The summed E-state index contributed by atoms with van der Waals surface area (Å²) in [6.07, 6.45) is 8.54. The van der Waals surface area contributed by atoms with Crippen molar-refractivity contribution in [3.05, 3.63) is 35.4 Å². The predicted octanol–water partition coefficient (Wildman–Crippen LogP) is 1.23. The topological polar surface area (TPSA) is 47.7 Å². The number of aromatic nitrogens is 4. The van der Waals surface area contributed by atoms with Gasteiger partial charge in [0.25, 0.3) is 0 Å². The smallest absolute Gasteiger partial charge is 0.0693 e. The highest BCUT2D eigenvalue weighted by molar-refractivity contribution is 5.18. The summed E-state index contributed by atoms with van der Waals surface area (Å²) in [5, 5.41) is 12.2. The molecule has 1 N–H and O–H groups in total. The molecule has 0 aromatic carbocycles. The van der Waals surface area contributed by atoms with Gasteiger partial charge in [-0.15, -0.1) is 0 Å². The molecule has 96 valence electrons. The number of nitrogens with one attached hydrogen (secondary N) is 1. The second-order valence-electron chi connectivity index (χ2n) is 5.09. The van der Waals surface area contributed by atoms with E-state index in [9.17, 15) is 0 Å². The fraction of sp³-hybridized carbons (Fsp3) is 0.538. The van der Waals surface area contributed by atoms with Crippen LogP contribution in [0, 0.1) is 6.92 Å². The van der Waals surface area contributed by atoms with E-state index >= 15 is 0 Å². The van der Waals surface area contributed by atoms with Gasteiger partial charge in [-0.1, -0.05) is 0 Å². The molecule has 0 amide bonds. The van der Waals surface area contributed by atoms with Gasteiger partial charge in [-0.3, -0.25) is 9.36 Å². The molecule has 0 aliphatic heterocycles. The Kier molecular flexibility index (Phi) is 2.91. The Morgan fingerprint density at radius 3 is 2.83 bits per heavy atom. The minimum Gasteiger partial charge on any atom is -0.310 e. The van der Waals surface area contributed by atoms with Crippen molar-refractivity contribution in [2.45, 2.75) is 38.9 Å². The van der Waals surface area contributed by atoms with E-state index < -0.39 is 0 Å². The Morgan fingerprint density at radius 2 is 2.17 bits per heavy atom. The molecular formula is C13H19N5. The zero-order valence-corrected chi connectivity index (χ0v) is 10.9. The highest BCUT2D eigenvalue weighted by Crippen LogP contribution is 2.20. The largest absolute Gasteiger partial charge is 0.310 e. The van der Waals surface area contributed by atoms with E-state index in [2.05, 4.69) is 22.4 Å². The Hall–Kier alpha value is -1.62. The monoisotopic (exact) mass is 245 g/mol. The summed E-state index contributed by atoms with van der Waals surface area (Å²) in [6.45, 7) is 3.86. The molecule has 0 atom stereocenters. The van der Waals surface area contributed by atoms with Gasteiger partial charge in [0.1, 0.15) is 0 Å². The van der Waals surface area contributed by atoms with Gasteiger partial charge in [0, 0.05) is 42.7 Å². The average molecular weight is 245 g/mol. The Labute approximate surface area is 107 Å². The minimum atomic E-state index is 0.742. The van der Waals surface area contributed by atoms with E-state index in [1.165, 1.54) is 29.7 Å². The van der Waals surface area contributed by atoms with Crippen molar-refractivity contribution >= 4 is 0 Å². The summed E-state index contributed by atoms with van der Waals surface area (Å²) in [5.41, 5.74) is 3.73. The molecular weight excluding hydrogens is 226 g/mol. The van der Waals surface area contributed by atoms with Crippen molar-refractivity contribution in [1.29, 1.82) is 0 Å². The van der Waals surface area contributed by atoms with E-state index in [0.29, 0.717) is 0 Å². The van der Waals surface area contributed by atoms with Gasteiger partial charge in [0.15, 0.2) is 0 Å². The molecule has 2 aromatic rings. The third kappa shape index (κ3) is 2.46. The lowest BCUT2D eigenvalue weighted by atomic mass is 10.2. The normalized spacial score (nSPS) is 15.2. The molecule has 5 nitrogen and oxygen atoms in total. The molecule has 0 radical (unpaired) electrons. The van der Waals surface area contributed by atoms with Crippen LogP contribution in [-0.2, 0) is 20.1 Å². The molecule has 3 rings (SSSR count). The lowest BCUT2D eigenvalue weighted by molar-refractivity contribution is 0.653. The maximum Gasteiger partial charge on any atom is 0.0693 e. The van der Waals surface area contributed by atoms with Crippen molar-refractivity contribution in [3.8, 4) is 0 Å². The van der Waals surface area contributed by atoms with Crippen LogP contribution in [0.5, 0.6) is 0 Å². The van der Waals surface area contributed by atoms with E-state index in [1.807, 2.05) is 35.0 Å². The fourth-order valence-electron chi connectivity index (χ4n) is 2.09. The Balaban J connectivity index is 1.68. The van der Waals surface area contributed by atoms with Crippen LogP contribution in [0.2, 0.25) is 0 Å². The summed E-state index contributed by atoms with van der Waals surface area (Å²) < 4.78 is 3.87. The van der Waals surface area contributed by atoms with Crippen LogP contribution in [-0.4, -0.2) is 25.6 Å². The highest BCUT2D eigenvalue weighted by Gasteiger charge is 2.20. The Morgan fingerprint density at radius 1 is 1.33 bits per heavy atom. The van der Waals surface area contributed by atoms with Crippen LogP contribution in [0.15, 0.2) is 18.6 Å². The summed E-state index contributed by atoms with van der Waals surface area (Å²) in [5.74, 6) is 0. The van der Waals surface area contributed by atoms with Crippen molar-refractivity contribution in [3.63, 3.8) is 0 Å². The zero-order chi connectivity index (χ0) is 12.5. The third-order valence-corrected chi connectivity index (χ3v) is 3.45. The summed E-state index contributed by atoms with van der Waals surface area (Å²) in [7, 11) is 1.93. The standard InChI is InChI=1S/C13H19N5/c1-10-12(6-14-13-3-4-13)7-16-18(10)9-11-5-15-17(2)8-11/h5,7-8,13-14H,3-4,6,9H2,1-2H3. The number of hydrogen-bond donors (Lipinski definition) is 1. The Bertz CT molecular complexity index is 535. The third-order valence-electron chi connectivity index (χ3n) is 3.45. The van der Waals surface area contributed by atoms with E-state index in [4.69, 9.17) is 0 Å². The summed E-state index contributed by atoms with van der Waals surface area (Å²) in [6, 6.07) is 0.742. The van der Waals surface area contributed by atoms with Gasteiger partial charge in [0.2, 0.25) is 0 Å². The quantitative estimate of drug-likeness (QED) is 0.861. The van der Waals surface area contributed by atoms with Gasteiger partial charge >= 0.3 is 0 Å². The van der Waals surface area contributed by atoms with Crippen LogP contribution in [0.3, 0.4) is 0 Å². The van der Waals surface area contributed by atoms with Crippen molar-refractivity contribution < 1.29 is 0 Å². The van der Waals surface area contributed by atoms with Gasteiger partial charge in [-0.2, -0.15) is 10.2 Å². The van der Waals surface area contributed by atoms with E-state index in [-0.39, 0.29) is 0 Å².